The number of thioether (sulfide) groups is 1. The number of nitrogens with one attached hydrogen (secondary N) is 1. The molecule has 0 aromatic carbocycles. The summed E-state index contributed by atoms with van der Waals surface area (Å²) < 4.78 is 0. The van der Waals surface area contributed by atoms with Crippen LogP contribution in [0.3, 0.4) is 0 Å². The van der Waals surface area contributed by atoms with Crippen LogP contribution in [0.2, 0.25) is 0 Å². The molecule has 17 heavy (non-hydrogen) atoms. The highest BCUT2D eigenvalue weighted by Crippen LogP contribution is 2.11. The van der Waals surface area contributed by atoms with Gasteiger partial charge in [-0.1, -0.05) is 20.3 Å². The molecule has 0 heterocycles. The van der Waals surface area contributed by atoms with Gasteiger partial charge < -0.3 is 5.32 Å². The Morgan fingerprint density at radius 2 is 1.88 bits per heavy atom. The van der Waals surface area contributed by atoms with E-state index in [0.29, 0.717) is 18.1 Å². The number of hydrogen-bond acceptors (Lipinski definition) is 3. The molecule has 0 amide bonds. The van der Waals surface area contributed by atoms with Gasteiger partial charge in [-0.3, -0.25) is 4.90 Å². The van der Waals surface area contributed by atoms with Crippen molar-refractivity contribution in [1.82, 2.24) is 10.2 Å². The zero-order chi connectivity index (χ0) is 13.3. The van der Waals surface area contributed by atoms with Gasteiger partial charge in [0.15, 0.2) is 0 Å². The second-order valence-corrected chi connectivity index (χ2v) is 6.04. The van der Waals surface area contributed by atoms with Gasteiger partial charge in [0.05, 0.1) is 0 Å². The average Bonchev–Trinajstić information content (AvgIpc) is 2.32. The average molecular weight is 260 g/mol. The van der Waals surface area contributed by atoms with Crippen molar-refractivity contribution in [3.63, 3.8) is 0 Å². The summed E-state index contributed by atoms with van der Waals surface area (Å²) in [6.45, 7) is 10.3. The molecule has 0 saturated heterocycles. The Kier molecular flexibility index (Phi) is 10.4. The first-order chi connectivity index (χ1) is 8.06. The Morgan fingerprint density at radius 1 is 1.24 bits per heavy atom. The van der Waals surface area contributed by atoms with E-state index in [1.54, 1.807) is 0 Å². The van der Waals surface area contributed by atoms with Crippen LogP contribution in [-0.4, -0.2) is 48.6 Å². The van der Waals surface area contributed by atoms with E-state index in [4.69, 9.17) is 0 Å². The van der Waals surface area contributed by atoms with E-state index in [9.17, 15) is 0 Å². The zero-order valence-corrected chi connectivity index (χ0v) is 13.4. The monoisotopic (exact) mass is 260 g/mol. The molecule has 0 aliphatic carbocycles. The molecule has 3 atom stereocenters. The first-order valence-corrected chi connectivity index (χ1v) is 8.40. The molecule has 0 saturated carbocycles. The highest BCUT2D eigenvalue weighted by molar-refractivity contribution is 7.98. The molecule has 0 aromatic heterocycles. The summed E-state index contributed by atoms with van der Waals surface area (Å²) in [6.07, 6.45) is 5.98. The van der Waals surface area contributed by atoms with Crippen molar-refractivity contribution in [2.45, 2.75) is 65.1 Å². The van der Waals surface area contributed by atoms with Crippen LogP contribution in [0.1, 0.15) is 47.0 Å². The number of nitrogens with zero attached hydrogens (tertiary/aromatic N) is 1. The Labute approximate surface area is 113 Å². The van der Waals surface area contributed by atoms with Gasteiger partial charge in [0.25, 0.3) is 0 Å². The highest BCUT2D eigenvalue weighted by Gasteiger charge is 2.17. The van der Waals surface area contributed by atoms with Crippen molar-refractivity contribution in [3.05, 3.63) is 0 Å². The molecule has 0 bridgehead atoms. The lowest BCUT2D eigenvalue weighted by Gasteiger charge is -2.33. The first kappa shape index (κ1) is 17.3. The summed E-state index contributed by atoms with van der Waals surface area (Å²) in [5, 5.41) is 3.64. The third-order valence-electron chi connectivity index (χ3n) is 3.58. The van der Waals surface area contributed by atoms with Gasteiger partial charge in [0, 0.05) is 30.4 Å². The van der Waals surface area contributed by atoms with Crippen molar-refractivity contribution < 1.29 is 0 Å². The normalized spacial score (nSPS) is 17.1. The molecule has 0 spiro atoms. The van der Waals surface area contributed by atoms with Crippen molar-refractivity contribution in [2.24, 2.45) is 0 Å². The fourth-order valence-corrected chi connectivity index (χ4v) is 2.98. The summed E-state index contributed by atoms with van der Waals surface area (Å²) in [4.78, 5) is 2.53. The summed E-state index contributed by atoms with van der Waals surface area (Å²) >= 11 is 1.95. The van der Waals surface area contributed by atoms with Crippen molar-refractivity contribution in [3.8, 4) is 0 Å². The standard InChI is InChI=1S/C14H32N2S/c1-7-9-12(3)15-10-13(4)16(5)14(8-2)11-17-6/h12-15H,7-11H2,1-6H3. The van der Waals surface area contributed by atoms with E-state index in [-0.39, 0.29) is 0 Å². The predicted octanol–water partition coefficient (Wildman–Crippen LogP) is 3.23. The van der Waals surface area contributed by atoms with E-state index in [0.717, 1.165) is 6.54 Å². The molecule has 0 aliphatic rings. The van der Waals surface area contributed by atoms with E-state index >= 15 is 0 Å². The predicted molar refractivity (Wildman–Crippen MR) is 82.1 cm³/mol. The maximum Gasteiger partial charge on any atom is 0.0192 e. The van der Waals surface area contributed by atoms with E-state index in [2.05, 4.69) is 51.2 Å². The van der Waals surface area contributed by atoms with Crippen LogP contribution in [0.25, 0.3) is 0 Å². The van der Waals surface area contributed by atoms with Gasteiger partial charge in [-0.15, -0.1) is 0 Å². The Balaban J connectivity index is 3.97. The molecular formula is C14H32N2S. The maximum atomic E-state index is 3.64. The molecule has 0 aromatic rings. The Hall–Kier alpha value is 0.270. The minimum Gasteiger partial charge on any atom is -0.313 e. The van der Waals surface area contributed by atoms with E-state index < -0.39 is 0 Å². The topological polar surface area (TPSA) is 15.3 Å². The molecule has 2 nitrogen and oxygen atoms in total. The van der Waals surface area contributed by atoms with Crippen LogP contribution >= 0.6 is 11.8 Å². The van der Waals surface area contributed by atoms with Gasteiger partial charge in [0.2, 0.25) is 0 Å². The highest BCUT2D eigenvalue weighted by atomic mass is 32.2. The Morgan fingerprint density at radius 3 is 2.35 bits per heavy atom. The third kappa shape index (κ3) is 7.32. The Bertz CT molecular complexity index is 176. The lowest BCUT2D eigenvalue weighted by Crippen LogP contribution is -2.46. The summed E-state index contributed by atoms with van der Waals surface area (Å²) in [6, 6.07) is 1.98. The summed E-state index contributed by atoms with van der Waals surface area (Å²) in [5.41, 5.74) is 0. The van der Waals surface area contributed by atoms with Gasteiger partial charge in [-0.25, -0.2) is 0 Å². The molecule has 3 heteroatoms. The second-order valence-electron chi connectivity index (χ2n) is 5.13. The lowest BCUT2D eigenvalue weighted by atomic mass is 10.1. The number of rotatable bonds is 10. The third-order valence-corrected chi connectivity index (χ3v) is 4.30. The quantitative estimate of drug-likeness (QED) is 0.649. The van der Waals surface area contributed by atoms with Crippen LogP contribution in [-0.2, 0) is 0 Å². The minimum absolute atomic E-state index is 0.617. The molecule has 0 fully saturated rings. The molecule has 104 valence electrons. The largest absolute Gasteiger partial charge is 0.313 e. The zero-order valence-electron chi connectivity index (χ0n) is 12.6. The van der Waals surface area contributed by atoms with Crippen LogP contribution in [0.4, 0.5) is 0 Å². The van der Waals surface area contributed by atoms with Crippen molar-refractivity contribution >= 4 is 11.8 Å². The van der Waals surface area contributed by atoms with Gasteiger partial charge in [-0.2, -0.15) is 11.8 Å². The number of likely N-dealkylation sites (N-methyl/N-ethyl adjacent to an activating group) is 1. The molecule has 0 rings (SSSR count). The maximum absolute atomic E-state index is 3.64. The molecule has 0 radical (unpaired) electrons. The van der Waals surface area contributed by atoms with Crippen molar-refractivity contribution in [1.29, 1.82) is 0 Å². The van der Waals surface area contributed by atoms with Crippen LogP contribution < -0.4 is 5.32 Å². The summed E-state index contributed by atoms with van der Waals surface area (Å²) in [7, 11) is 2.27. The van der Waals surface area contributed by atoms with Crippen LogP contribution in [0.15, 0.2) is 0 Å². The SMILES string of the molecule is CCCC(C)NCC(C)N(C)C(CC)CSC. The first-order valence-electron chi connectivity index (χ1n) is 7.00. The molecule has 1 N–H and O–H groups in total. The van der Waals surface area contributed by atoms with Crippen molar-refractivity contribution in [2.75, 3.05) is 25.6 Å². The van der Waals surface area contributed by atoms with E-state index in [1.165, 1.54) is 25.0 Å². The second kappa shape index (κ2) is 10.2. The van der Waals surface area contributed by atoms with Gasteiger partial charge in [0.1, 0.15) is 0 Å². The lowest BCUT2D eigenvalue weighted by molar-refractivity contribution is 0.187. The fraction of sp³-hybridized carbons (Fsp3) is 1.00. The minimum atomic E-state index is 0.617. The fourth-order valence-electron chi connectivity index (χ4n) is 2.13. The molecular weight excluding hydrogens is 228 g/mol. The molecule has 3 unspecified atom stereocenters. The number of hydrogen-bond donors (Lipinski definition) is 1. The summed E-state index contributed by atoms with van der Waals surface area (Å²) in [5.74, 6) is 1.24. The van der Waals surface area contributed by atoms with Crippen LogP contribution in [0, 0.1) is 0 Å². The van der Waals surface area contributed by atoms with Crippen LogP contribution in [0.5, 0.6) is 0 Å². The smallest absolute Gasteiger partial charge is 0.0192 e. The molecule has 0 aliphatic heterocycles. The van der Waals surface area contributed by atoms with Gasteiger partial charge >= 0.3 is 0 Å². The van der Waals surface area contributed by atoms with Gasteiger partial charge in [-0.05, 0) is 40.0 Å². The van der Waals surface area contributed by atoms with E-state index in [1.807, 2.05) is 11.8 Å².